The molecular weight excluding hydrogens is 601 g/mol. The lowest BCUT2D eigenvalue weighted by molar-refractivity contribution is -0.189. The molecule has 2 aromatic carbocycles. The molecule has 0 saturated carbocycles. The van der Waals surface area contributed by atoms with E-state index in [-0.39, 0.29) is 55.0 Å². The maximum Gasteiger partial charge on any atom is 0.491 e. The number of alkyl halides is 3. The predicted molar refractivity (Wildman–Crippen MR) is 154 cm³/mol. The largest absolute Gasteiger partial charge is 0.491 e. The number of carbonyl (C=O) groups excluding carboxylic acids is 4. The summed E-state index contributed by atoms with van der Waals surface area (Å²) >= 11 is 1.49. The number of hydrogen-bond acceptors (Lipinski definition) is 8. The molecule has 1 aromatic heterocycles. The number of nitrogens with two attached hydrogens (primary N) is 1. The van der Waals surface area contributed by atoms with Crippen LogP contribution in [0.15, 0.2) is 54.6 Å². The number of nitrogens with one attached hydrogen (secondary N) is 2. The van der Waals surface area contributed by atoms with Crippen molar-refractivity contribution in [1.29, 1.82) is 5.41 Å². The van der Waals surface area contributed by atoms with Gasteiger partial charge in [0.25, 0.3) is 5.91 Å². The summed E-state index contributed by atoms with van der Waals surface area (Å²) in [7, 11) is 0. The molecule has 0 fully saturated rings. The zero-order chi connectivity index (χ0) is 32.0. The molecule has 1 atom stereocenters. The van der Waals surface area contributed by atoms with E-state index in [0.717, 1.165) is 15.3 Å². The van der Waals surface area contributed by atoms with Crippen molar-refractivity contribution in [2.75, 3.05) is 13.2 Å². The second kappa shape index (κ2) is 13.7. The standard InChI is InChI=1S/C30H29F3N4O6S/c1-2-42-25(38)15-22-14-20-16-37(12-11-24(20)44-22)28(40)23(36-27(39)19-7-5-18(6-8-19)26(34)35)13-17-3-9-21(10-4-17)43-29(41)30(31,32)33/h3-10,14,23H,2,11-13,15-16H2,1H3,(H3,34,35)(H,36,39)/t23-/m1/s1. The number of ether oxygens (including phenoxy) is 2. The van der Waals surface area contributed by atoms with Gasteiger partial charge in [-0.3, -0.25) is 19.8 Å². The summed E-state index contributed by atoms with van der Waals surface area (Å²) in [4.78, 5) is 53.6. The lowest BCUT2D eigenvalue weighted by Gasteiger charge is -2.31. The van der Waals surface area contributed by atoms with Crippen LogP contribution in [0.25, 0.3) is 0 Å². The van der Waals surface area contributed by atoms with Crippen molar-refractivity contribution in [1.82, 2.24) is 10.2 Å². The highest BCUT2D eigenvalue weighted by Crippen LogP contribution is 2.29. The molecule has 10 nitrogen and oxygen atoms in total. The molecule has 0 saturated heterocycles. The van der Waals surface area contributed by atoms with E-state index in [1.54, 1.807) is 11.8 Å². The molecule has 232 valence electrons. The van der Waals surface area contributed by atoms with E-state index in [9.17, 15) is 32.3 Å². The Morgan fingerprint density at radius 2 is 1.73 bits per heavy atom. The van der Waals surface area contributed by atoms with Gasteiger partial charge in [0.05, 0.1) is 13.0 Å². The van der Waals surface area contributed by atoms with Crippen LogP contribution in [0.4, 0.5) is 13.2 Å². The first-order valence-corrected chi connectivity index (χ1v) is 14.3. The third-order valence-electron chi connectivity index (χ3n) is 6.72. The number of rotatable bonds is 10. The molecule has 0 radical (unpaired) electrons. The minimum Gasteiger partial charge on any atom is -0.466 e. The minimum atomic E-state index is -5.15. The third kappa shape index (κ3) is 8.22. The summed E-state index contributed by atoms with van der Waals surface area (Å²) in [5.74, 6) is -4.12. The number of amides is 2. The first kappa shape index (κ1) is 32.2. The zero-order valence-corrected chi connectivity index (χ0v) is 24.3. The highest BCUT2D eigenvalue weighted by molar-refractivity contribution is 7.12. The Morgan fingerprint density at radius 1 is 1.07 bits per heavy atom. The number of carbonyl (C=O) groups is 4. The van der Waals surface area contributed by atoms with Gasteiger partial charge in [0.15, 0.2) is 0 Å². The lowest BCUT2D eigenvalue weighted by Crippen LogP contribution is -2.50. The van der Waals surface area contributed by atoms with Gasteiger partial charge in [-0.05, 0) is 54.8 Å². The van der Waals surface area contributed by atoms with Gasteiger partial charge in [-0.15, -0.1) is 11.3 Å². The number of fused-ring (bicyclic) bond motifs is 1. The SMILES string of the molecule is CCOC(=O)Cc1cc2c(s1)CCN(C(=O)[C@@H](Cc1ccc(OC(=O)C(F)(F)F)cc1)NC(=O)c1ccc(C(=N)N)cc1)C2. The smallest absolute Gasteiger partial charge is 0.466 e. The molecule has 3 aromatic rings. The highest BCUT2D eigenvalue weighted by Gasteiger charge is 2.41. The van der Waals surface area contributed by atoms with Crippen molar-refractivity contribution in [2.45, 2.75) is 44.9 Å². The van der Waals surface area contributed by atoms with Gasteiger partial charge in [-0.25, -0.2) is 4.79 Å². The van der Waals surface area contributed by atoms with Crippen LogP contribution < -0.4 is 15.8 Å². The van der Waals surface area contributed by atoms with Gasteiger partial charge in [0.2, 0.25) is 5.91 Å². The highest BCUT2D eigenvalue weighted by atomic mass is 32.1. The number of benzene rings is 2. The molecule has 4 rings (SSSR count). The molecule has 14 heteroatoms. The van der Waals surface area contributed by atoms with Gasteiger partial charge in [-0.2, -0.15) is 13.2 Å². The topological polar surface area (TPSA) is 152 Å². The Kier molecular flexibility index (Phi) is 10.0. The molecule has 4 N–H and O–H groups in total. The van der Waals surface area contributed by atoms with Crippen molar-refractivity contribution >= 4 is 40.9 Å². The second-order valence-electron chi connectivity index (χ2n) is 9.91. The number of amidine groups is 1. The fourth-order valence-corrected chi connectivity index (χ4v) is 5.74. The number of nitrogen functional groups attached to an aromatic ring is 1. The quantitative estimate of drug-likeness (QED) is 0.134. The van der Waals surface area contributed by atoms with Crippen molar-refractivity contribution in [3.8, 4) is 5.75 Å². The van der Waals surface area contributed by atoms with Crippen LogP contribution in [-0.4, -0.2) is 59.9 Å². The maximum atomic E-state index is 13.8. The van der Waals surface area contributed by atoms with Crippen LogP contribution >= 0.6 is 11.3 Å². The van der Waals surface area contributed by atoms with Gasteiger partial charge in [0.1, 0.15) is 17.6 Å². The van der Waals surface area contributed by atoms with E-state index in [2.05, 4.69) is 10.1 Å². The second-order valence-corrected chi connectivity index (χ2v) is 11.1. The Bertz CT molecular complexity index is 1550. The average Bonchev–Trinajstić information content (AvgIpc) is 3.38. The summed E-state index contributed by atoms with van der Waals surface area (Å²) in [6.07, 6.45) is -4.47. The number of esters is 2. The first-order chi connectivity index (χ1) is 20.8. The van der Waals surface area contributed by atoms with Crippen molar-refractivity contribution in [2.24, 2.45) is 5.73 Å². The predicted octanol–water partition coefficient (Wildman–Crippen LogP) is 3.53. The number of hydrogen-bond donors (Lipinski definition) is 3. The summed E-state index contributed by atoms with van der Waals surface area (Å²) in [6.45, 7) is 2.65. The lowest BCUT2D eigenvalue weighted by atomic mass is 10.0. The molecule has 0 spiro atoms. The number of thiophene rings is 1. The third-order valence-corrected chi connectivity index (χ3v) is 7.96. The van der Waals surface area contributed by atoms with E-state index in [1.165, 1.54) is 59.9 Å². The van der Waals surface area contributed by atoms with E-state index >= 15 is 0 Å². The number of nitrogens with zero attached hydrogens (tertiary/aromatic N) is 1. The molecule has 44 heavy (non-hydrogen) atoms. The van der Waals surface area contributed by atoms with Gasteiger partial charge in [-0.1, -0.05) is 24.3 Å². The summed E-state index contributed by atoms with van der Waals surface area (Å²) in [6, 6.07) is 11.9. The Balaban J connectivity index is 1.52. The summed E-state index contributed by atoms with van der Waals surface area (Å²) in [5, 5.41) is 10.3. The van der Waals surface area contributed by atoms with E-state index in [1.807, 2.05) is 6.07 Å². The van der Waals surface area contributed by atoms with Crippen molar-refractivity contribution < 1.29 is 41.8 Å². The summed E-state index contributed by atoms with van der Waals surface area (Å²) < 4.78 is 47.1. The van der Waals surface area contributed by atoms with E-state index in [0.29, 0.717) is 24.1 Å². The summed E-state index contributed by atoms with van der Waals surface area (Å²) in [5.41, 5.74) is 7.52. The molecule has 2 heterocycles. The molecule has 0 bridgehead atoms. The van der Waals surface area contributed by atoms with Crippen molar-refractivity contribution in [3.05, 3.63) is 86.6 Å². The van der Waals surface area contributed by atoms with Gasteiger partial charge >= 0.3 is 18.1 Å². The maximum absolute atomic E-state index is 13.8. The van der Waals surface area contributed by atoms with Gasteiger partial charge in [0, 0.05) is 40.4 Å². The normalized spacial score (nSPS) is 13.4. The first-order valence-electron chi connectivity index (χ1n) is 13.5. The molecule has 1 aliphatic heterocycles. The molecule has 0 unspecified atom stereocenters. The Labute approximate surface area is 254 Å². The Morgan fingerprint density at radius 3 is 2.34 bits per heavy atom. The van der Waals surface area contributed by atoms with Crippen LogP contribution in [0.1, 0.15) is 43.7 Å². The molecule has 1 aliphatic rings. The van der Waals surface area contributed by atoms with Crippen LogP contribution in [0, 0.1) is 5.41 Å². The number of halogens is 3. The van der Waals surface area contributed by atoms with Crippen LogP contribution in [0.3, 0.4) is 0 Å². The molecule has 0 aliphatic carbocycles. The van der Waals surface area contributed by atoms with Crippen LogP contribution in [0.5, 0.6) is 5.75 Å². The van der Waals surface area contributed by atoms with Crippen LogP contribution in [0.2, 0.25) is 0 Å². The fraction of sp³-hybridized carbons (Fsp3) is 0.300. The van der Waals surface area contributed by atoms with Crippen LogP contribution in [-0.2, 0) is 44.9 Å². The van der Waals surface area contributed by atoms with E-state index in [4.69, 9.17) is 15.9 Å². The monoisotopic (exact) mass is 630 g/mol. The molecular formula is C30H29F3N4O6S. The average molecular weight is 631 g/mol. The van der Waals surface area contributed by atoms with E-state index < -0.39 is 24.1 Å². The Hall–Kier alpha value is -4.72. The zero-order valence-electron chi connectivity index (χ0n) is 23.5. The fourth-order valence-electron chi connectivity index (χ4n) is 4.58. The van der Waals surface area contributed by atoms with Gasteiger partial charge < -0.3 is 25.4 Å². The minimum absolute atomic E-state index is 0.00922. The van der Waals surface area contributed by atoms with Crippen molar-refractivity contribution in [3.63, 3.8) is 0 Å². The molecule has 2 amide bonds.